The molecule has 2 fully saturated rings. The third kappa shape index (κ3) is 12.6. The molecule has 0 radical (unpaired) electrons. The molecule has 2 bridgehead atoms. The minimum absolute atomic E-state index is 0. The van der Waals surface area contributed by atoms with Crippen LogP contribution in [0.3, 0.4) is 0 Å². The second kappa shape index (κ2) is 11.1. The summed E-state index contributed by atoms with van der Waals surface area (Å²) in [7, 11) is -15.3. The number of rotatable bonds is 2. The van der Waals surface area contributed by atoms with Crippen LogP contribution in [0.15, 0.2) is 0 Å². The SMILES string of the molecule is O=P(O)(O)OP(=O)(O)O.OB1OB2OB(O)OB(O1)O2.[H-].[H-].[Na+].[Na+]. The molecule has 14 nitrogen and oxygen atoms in total. The summed E-state index contributed by atoms with van der Waals surface area (Å²) >= 11 is 0. The van der Waals surface area contributed by atoms with Crippen LogP contribution < -0.4 is 59.1 Å². The van der Waals surface area contributed by atoms with Gasteiger partial charge in [0.25, 0.3) is 0 Å². The maximum atomic E-state index is 9.63. The molecule has 0 saturated carbocycles. The van der Waals surface area contributed by atoms with Crippen molar-refractivity contribution in [2.45, 2.75) is 0 Å². The van der Waals surface area contributed by atoms with E-state index in [1.165, 1.54) is 0 Å². The summed E-state index contributed by atoms with van der Waals surface area (Å²) in [5.41, 5.74) is 0. The smallest absolute Gasteiger partial charge is 1.00 e. The van der Waals surface area contributed by atoms with Crippen molar-refractivity contribution in [2.75, 3.05) is 0 Å². The van der Waals surface area contributed by atoms with Crippen molar-refractivity contribution < 1.29 is 128 Å². The molecule has 0 amide bonds. The number of fused-ring (bicyclic) bond motifs is 2. The predicted molar refractivity (Wildman–Crippen MR) is 60.3 cm³/mol. The average molecular weight is 383 g/mol. The summed E-state index contributed by atoms with van der Waals surface area (Å²) < 4.78 is 44.8. The molecule has 2 aliphatic rings. The van der Waals surface area contributed by atoms with E-state index < -0.39 is 44.9 Å². The topological polar surface area (TPSA) is 211 Å². The number of hydrogen-bond donors (Lipinski definition) is 6. The van der Waals surface area contributed by atoms with Gasteiger partial charge in [0.15, 0.2) is 0 Å². The van der Waals surface area contributed by atoms with Gasteiger partial charge in [-0.25, -0.2) is 9.13 Å². The van der Waals surface area contributed by atoms with Gasteiger partial charge in [-0.05, 0) is 0 Å². The van der Waals surface area contributed by atoms with Gasteiger partial charge in [-0.3, -0.25) is 0 Å². The summed E-state index contributed by atoms with van der Waals surface area (Å²) in [5, 5.41) is 17.5. The first-order chi connectivity index (χ1) is 8.94. The van der Waals surface area contributed by atoms with Gasteiger partial charge in [-0.1, -0.05) is 0 Å². The van der Waals surface area contributed by atoms with E-state index in [2.05, 4.69) is 27.2 Å². The Hall–Kier alpha value is 2.24. The van der Waals surface area contributed by atoms with Crippen molar-refractivity contribution >= 4 is 44.9 Å². The van der Waals surface area contributed by atoms with Gasteiger partial charge in [0.2, 0.25) is 0 Å². The molecular formula is H8B4Na2O14P2. The summed E-state index contributed by atoms with van der Waals surface area (Å²) in [6.07, 6.45) is 0. The molecule has 116 valence electrons. The minimum Gasteiger partial charge on any atom is -1.00 e. The molecule has 6 N–H and O–H groups in total. The van der Waals surface area contributed by atoms with E-state index in [0.29, 0.717) is 0 Å². The van der Waals surface area contributed by atoms with Crippen molar-refractivity contribution in [1.29, 1.82) is 0 Å². The van der Waals surface area contributed by atoms with Gasteiger partial charge in [-0.15, -0.1) is 0 Å². The van der Waals surface area contributed by atoms with Crippen LogP contribution in [0.5, 0.6) is 0 Å². The van der Waals surface area contributed by atoms with Gasteiger partial charge in [0.1, 0.15) is 0 Å². The fourth-order valence-corrected chi connectivity index (χ4v) is 1.97. The molecule has 2 saturated heterocycles. The minimum atomic E-state index is -5.05. The molecule has 2 heterocycles. The van der Waals surface area contributed by atoms with E-state index in [1.54, 1.807) is 0 Å². The Morgan fingerprint density at radius 1 is 0.727 bits per heavy atom. The number of phosphoric acid groups is 2. The number of hydrogen-bond acceptors (Lipinski definition) is 10. The molecule has 0 aromatic heterocycles. The van der Waals surface area contributed by atoms with Crippen LogP contribution in [0.4, 0.5) is 0 Å². The van der Waals surface area contributed by atoms with Crippen LogP contribution in [0, 0.1) is 0 Å². The van der Waals surface area contributed by atoms with E-state index in [-0.39, 0.29) is 62.0 Å². The van der Waals surface area contributed by atoms with Crippen LogP contribution in [0.2, 0.25) is 0 Å². The normalized spacial score (nSPS) is 17.9. The Balaban J connectivity index is -0.000000146. The predicted octanol–water partition coefficient (Wildman–Crippen LogP) is -9.56. The first-order valence-corrected chi connectivity index (χ1v) is 7.46. The molecule has 22 heavy (non-hydrogen) atoms. The van der Waals surface area contributed by atoms with Crippen LogP contribution in [-0.4, -0.2) is 58.9 Å². The van der Waals surface area contributed by atoms with Crippen LogP contribution >= 0.6 is 15.6 Å². The van der Waals surface area contributed by atoms with Gasteiger partial charge >= 0.3 is 104 Å². The summed E-state index contributed by atoms with van der Waals surface area (Å²) in [6.45, 7) is 0. The van der Waals surface area contributed by atoms with E-state index in [1.807, 2.05) is 0 Å². The van der Waals surface area contributed by atoms with Crippen LogP contribution in [-0.2, 0) is 36.3 Å². The Bertz CT molecular complexity index is 364. The van der Waals surface area contributed by atoms with Gasteiger partial charge in [0, 0.05) is 0 Å². The second-order valence-corrected chi connectivity index (χ2v) is 5.55. The van der Waals surface area contributed by atoms with Gasteiger partial charge < -0.3 is 55.3 Å². The Labute approximate surface area is 171 Å². The molecule has 0 unspecified atom stereocenters. The van der Waals surface area contributed by atoms with E-state index in [4.69, 9.17) is 29.6 Å². The molecule has 22 heteroatoms. The first kappa shape index (κ1) is 26.5. The van der Waals surface area contributed by atoms with Crippen molar-refractivity contribution in [3.8, 4) is 0 Å². The summed E-state index contributed by atoms with van der Waals surface area (Å²) in [4.78, 5) is 31.0. The Kier molecular flexibility index (Phi) is 13.3. The maximum absolute atomic E-state index is 9.63. The largest absolute Gasteiger partial charge is 1.00 e. The molecule has 0 aliphatic carbocycles. The fourth-order valence-electron chi connectivity index (χ4n) is 0.866. The van der Waals surface area contributed by atoms with Gasteiger partial charge in [-0.2, -0.15) is 4.31 Å². The summed E-state index contributed by atoms with van der Waals surface area (Å²) in [6, 6.07) is 0. The molecule has 0 atom stereocenters. The van der Waals surface area contributed by atoms with E-state index in [0.717, 1.165) is 0 Å². The van der Waals surface area contributed by atoms with Crippen molar-refractivity contribution in [3.05, 3.63) is 0 Å². The monoisotopic (exact) mass is 384 g/mol. The molecule has 0 aromatic carbocycles. The average Bonchev–Trinajstić information content (AvgIpc) is 2.08. The zero-order valence-corrected chi connectivity index (χ0v) is 16.9. The standard InChI is InChI=1S/B4H2O7.2Na.H4O7P2.2H/c5-1-7-3-9-2(6)10-4(8-1)11-3;;;1-8(2,3)7-9(4,5)6;;/h5-6H;;;(H2,1,2,3)(H2,4,5,6);;/q;2*+1;;2*-1. The zero-order chi connectivity index (χ0) is 15.6. The van der Waals surface area contributed by atoms with Crippen molar-refractivity contribution in [1.82, 2.24) is 0 Å². The zero-order valence-electron chi connectivity index (χ0n) is 13.2. The van der Waals surface area contributed by atoms with E-state index in [9.17, 15) is 9.13 Å². The fraction of sp³-hybridized carbons (Fsp3) is 0. The first-order valence-electron chi connectivity index (χ1n) is 4.40. The molecule has 2 rings (SSSR count). The molecule has 0 spiro atoms. The van der Waals surface area contributed by atoms with Gasteiger partial charge in [0.05, 0.1) is 0 Å². The van der Waals surface area contributed by atoms with Crippen molar-refractivity contribution in [2.24, 2.45) is 0 Å². The third-order valence-electron chi connectivity index (χ3n) is 1.35. The molecule has 2 aliphatic heterocycles. The quantitative estimate of drug-likeness (QED) is 0.193. The van der Waals surface area contributed by atoms with Crippen LogP contribution in [0.25, 0.3) is 0 Å². The molecule has 0 aromatic rings. The Morgan fingerprint density at radius 2 is 1.00 bits per heavy atom. The Morgan fingerprint density at radius 3 is 1.18 bits per heavy atom. The van der Waals surface area contributed by atoms with Crippen LogP contribution in [0.1, 0.15) is 2.85 Å². The molecular weight excluding hydrogens is 375 g/mol. The second-order valence-electron chi connectivity index (χ2n) is 2.93. The van der Waals surface area contributed by atoms with E-state index >= 15 is 0 Å². The maximum Gasteiger partial charge on any atom is 1.00 e. The summed E-state index contributed by atoms with van der Waals surface area (Å²) in [5.74, 6) is 0. The van der Waals surface area contributed by atoms with Crippen molar-refractivity contribution in [3.63, 3.8) is 0 Å². The third-order valence-corrected chi connectivity index (χ3v) is 3.05.